The molecule has 0 bridgehead atoms. The molecule has 2 atom stereocenters. The maximum atomic E-state index is 11.1. The smallest absolute Gasteiger partial charge is 0.269 e. The highest BCUT2D eigenvalue weighted by Crippen LogP contribution is 2.04. The minimum Gasteiger partial charge on any atom is -0.349 e. The third kappa shape index (κ3) is 3.89. The molecular weight excluding hydrogens is 206 g/mol. The van der Waals surface area contributed by atoms with Crippen molar-refractivity contribution in [3.05, 3.63) is 12.2 Å². The summed E-state index contributed by atoms with van der Waals surface area (Å²) < 4.78 is 30.1. The molecule has 14 heavy (non-hydrogen) atoms. The summed E-state index contributed by atoms with van der Waals surface area (Å²) in [5.74, 6) is -0.423. The molecular formula is C8H15NO4S. The van der Waals surface area contributed by atoms with Crippen molar-refractivity contribution in [3.63, 3.8) is 0 Å². The first kappa shape index (κ1) is 13.1. The lowest BCUT2D eigenvalue weighted by Crippen LogP contribution is -2.43. The Morgan fingerprint density at radius 1 is 1.43 bits per heavy atom. The average molecular weight is 221 g/mol. The molecule has 0 aliphatic carbocycles. The van der Waals surface area contributed by atoms with Crippen LogP contribution in [0.3, 0.4) is 0 Å². The second-order valence-electron chi connectivity index (χ2n) is 3.26. The van der Waals surface area contributed by atoms with Gasteiger partial charge in [0.2, 0.25) is 5.91 Å². The Hall–Kier alpha value is -0.880. The minimum atomic E-state index is -4.12. The zero-order valence-corrected chi connectivity index (χ0v) is 9.26. The Balaban J connectivity index is 4.44. The highest BCUT2D eigenvalue weighted by atomic mass is 32.2. The second-order valence-corrected chi connectivity index (χ2v) is 5.04. The predicted molar refractivity (Wildman–Crippen MR) is 53.4 cm³/mol. The van der Waals surface area contributed by atoms with E-state index < -0.39 is 27.3 Å². The monoisotopic (exact) mass is 221 g/mol. The van der Waals surface area contributed by atoms with Crippen LogP contribution in [0.5, 0.6) is 0 Å². The van der Waals surface area contributed by atoms with Crippen LogP contribution in [0.1, 0.15) is 20.8 Å². The Bertz CT molecular complexity index is 333. The summed E-state index contributed by atoms with van der Waals surface area (Å²) in [5, 5.41) is 1.37. The minimum absolute atomic E-state index is 0.291. The fourth-order valence-corrected chi connectivity index (χ4v) is 1.29. The summed E-state index contributed by atoms with van der Waals surface area (Å²) in [6.45, 7) is 7.74. The molecule has 0 aromatic rings. The molecule has 0 radical (unpaired) electrons. The zero-order chi connectivity index (χ0) is 11.5. The number of hydrogen-bond acceptors (Lipinski definition) is 3. The Morgan fingerprint density at radius 2 is 1.86 bits per heavy atom. The number of amides is 1. The van der Waals surface area contributed by atoms with Crippen LogP contribution in [-0.4, -0.2) is 30.2 Å². The fraction of sp³-hybridized carbons (Fsp3) is 0.625. The van der Waals surface area contributed by atoms with Crippen molar-refractivity contribution in [1.29, 1.82) is 0 Å². The topological polar surface area (TPSA) is 83.5 Å². The quantitative estimate of drug-likeness (QED) is 0.530. The third-order valence-electron chi connectivity index (χ3n) is 1.92. The van der Waals surface area contributed by atoms with Crippen molar-refractivity contribution in [2.24, 2.45) is 0 Å². The van der Waals surface area contributed by atoms with Crippen molar-refractivity contribution in [1.82, 2.24) is 5.32 Å². The maximum Gasteiger partial charge on any atom is 0.269 e. The number of hydrogen-bond donors (Lipinski definition) is 2. The molecule has 0 fully saturated rings. The fourth-order valence-electron chi connectivity index (χ4n) is 0.705. The van der Waals surface area contributed by atoms with Gasteiger partial charge in [0.05, 0.1) is 0 Å². The summed E-state index contributed by atoms with van der Waals surface area (Å²) in [7, 11) is -4.12. The van der Waals surface area contributed by atoms with Crippen LogP contribution in [0.4, 0.5) is 0 Å². The largest absolute Gasteiger partial charge is 0.349 e. The molecule has 0 aromatic heterocycles. The van der Waals surface area contributed by atoms with Crippen molar-refractivity contribution in [2.45, 2.75) is 32.1 Å². The van der Waals surface area contributed by atoms with E-state index in [1.165, 1.54) is 20.8 Å². The van der Waals surface area contributed by atoms with Gasteiger partial charge in [-0.2, -0.15) is 8.42 Å². The van der Waals surface area contributed by atoms with Gasteiger partial charge in [-0.25, -0.2) is 0 Å². The van der Waals surface area contributed by atoms with E-state index in [0.29, 0.717) is 5.57 Å². The molecule has 0 heterocycles. The van der Waals surface area contributed by atoms with Crippen molar-refractivity contribution in [3.8, 4) is 0 Å². The van der Waals surface area contributed by atoms with Crippen LogP contribution < -0.4 is 5.32 Å². The average Bonchev–Trinajstić information content (AvgIpc) is 2.00. The molecule has 0 aromatic carbocycles. The summed E-state index contributed by atoms with van der Waals surface area (Å²) in [4.78, 5) is 11.1. The molecule has 0 saturated heterocycles. The van der Waals surface area contributed by atoms with E-state index in [1.807, 2.05) is 0 Å². The van der Waals surface area contributed by atoms with Gasteiger partial charge in [0.1, 0.15) is 5.25 Å². The van der Waals surface area contributed by atoms with Crippen LogP contribution in [0.2, 0.25) is 0 Å². The van der Waals surface area contributed by atoms with Gasteiger partial charge < -0.3 is 5.32 Å². The van der Waals surface area contributed by atoms with E-state index in [9.17, 15) is 13.2 Å². The lowest BCUT2D eigenvalue weighted by Gasteiger charge is -2.18. The molecule has 0 spiro atoms. The molecule has 2 unspecified atom stereocenters. The van der Waals surface area contributed by atoms with Gasteiger partial charge in [0, 0.05) is 11.6 Å². The lowest BCUT2D eigenvalue weighted by molar-refractivity contribution is -0.118. The van der Waals surface area contributed by atoms with Gasteiger partial charge in [0.15, 0.2) is 0 Å². The summed E-state index contributed by atoms with van der Waals surface area (Å²) in [5.41, 5.74) is 0.291. The van der Waals surface area contributed by atoms with Crippen LogP contribution in [0, 0.1) is 0 Å². The Labute approximate surface area is 83.9 Å². The van der Waals surface area contributed by atoms with Gasteiger partial charge in [-0.3, -0.25) is 9.35 Å². The van der Waals surface area contributed by atoms with E-state index in [0.717, 1.165) is 0 Å². The number of carbonyl (C=O) groups excluding carboxylic acids is 1. The van der Waals surface area contributed by atoms with Crippen molar-refractivity contribution < 1.29 is 17.8 Å². The molecule has 5 nitrogen and oxygen atoms in total. The van der Waals surface area contributed by atoms with E-state index in [-0.39, 0.29) is 0 Å². The van der Waals surface area contributed by atoms with Gasteiger partial charge >= 0.3 is 0 Å². The Kier molecular flexibility index (Phi) is 4.28. The van der Waals surface area contributed by atoms with Gasteiger partial charge in [-0.15, -0.1) is 0 Å². The van der Waals surface area contributed by atoms with Crippen LogP contribution in [0.15, 0.2) is 12.2 Å². The van der Waals surface area contributed by atoms with E-state index in [1.54, 1.807) is 0 Å². The van der Waals surface area contributed by atoms with Crippen LogP contribution in [0.25, 0.3) is 0 Å². The van der Waals surface area contributed by atoms with Gasteiger partial charge in [-0.1, -0.05) is 6.58 Å². The lowest BCUT2D eigenvalue weighted by atomic mass is 10.2. The van der Waals surface area contributed by atoms with E-state index >= 15 is 0 Å². The van der Waals surface area contributed by atoms with Crippen molar-refractivity contribution >= 4 is 16.0 Å². The standard InChI is InChI=1S/C8H15NO4S/c1-5(2)8(10)9-6(3)7(4)14(11,12)13/h6-7H,1H2,2-4H3,(H,9,10)(H,11,12,13). The normalized spacial score (nSPS) is 15.7. The zero-order valence-electron chi connectivity index (χ0n) is 8.44. The Morgan fingerprint density at radius 3 is 2.14 bits per heavy atom. The molecule has 82 valence electrons. The van der Waals surface area contributed by atoms with Gasteiger partial charge in [0.25, 0.3) is 10.1 Å². The first-order chi connectivity index (χ1) is 6.16. The highest BCUT2D eigenvalue weighted by molar-refractivity contribution is 7.86. The van der Waals surface area contributed by atoms with Crippen LogP contribution in [-0.2, 0) is 14.9 Å². The number of carbonyl (C=O) groups is 1. The number of rotatable bonds is 4. The first-order valence-electron chi connectivity index (χ1n) is 4.09. The van der Waals surface area contributed by atoms with Gasteiger partial charge in [-0.05, 0) is 20.8 Å². The van der Waals surface area contributed by atoms with Crippen LogP contribution >= 0.6 is 0 Å². The van der Waals surface area contributed by atoms with Crippen molar-refractivity contribution in [2.75, 3.05) is 0 Å². The number of nitrogens with one attached hydrogen (secondary N) is 1. The second kappa shape index (κ2) is 4.56. The summed E-state index contributed by atoms with van der Waals surface area (Å²) >= 11 is 0. The molecule has 0 rings (SSSR count). The third-order valence-corrected chi connectivity index (χ3v) is 3.27. The predicted octanol–water partition coefficient (Wildman–Crippen LogP) is 0.344. The molecule has 2 N–H and O–H groups in total. The molecule has 0 aliphatic rings. The molecule has 0 saturated carbocycles. The summed E-state index contributed by atoms with van der Waals surface area (Å²) in [6.07, 6.45) is 0. The molecule has 0 aliphatic heterocycles. The van der Waals surface area contributed by atoms with E-state index in [2.05, 4.69) is 11.9 Å². The first-order valence-corrected chi connectivity index (χ1v) is 5.59. The highest BCUT2D eigenvalue weighted by Gasteiger charge is 2.25. The SMILES string of the molecule is C=C(C)C(=O)NC(C)C(C)S(=O)(=O)O. The van der Waals surface area contributed by atoms with E-state index in [4.69, 9.17) is 4.55 Å². The molecule has 1 amide bonds. The summed E-state index contributed by atoms with van der Waals surface area (Å²) in [6, 6.07) is -0.658. The molecule has 6 heteroatoms. The maximum absolute atomic E-state index is 11.1.